The van der Waals surface area contributed by atoms with E-state index in [4.69, 9.17) is 0 Å². The molecule has 0 atom stereocenters. The Morgan fingerprint density at radius 1 is 1.38 bits per heavy atom. The number of thiophene rings is 1. The lowest BCUT2D eigenvalue weighted by atomic mass is 10.2. The first kappa shape index (κ1) is 15.4. The molecule has 0 aromatic carbocycles. The number of carbonyl (C=O) groups is 1. The third-order valence-corrected chi connectivity index (χ3v) is 4.08. The first-order valence-corrected chi connectivity index (χ1v) is 7.73. The van der Waals surface area contributed by atoms with Gasteiger partial charge in [-0.05, 0) is 35.9 Å². The third kappa shape index (κ3) is 4.01. The van der Waals surface area contributed by atoms with E-state index in [9.17, 15) is 9.59 Å². The summed E-state index contributed by atoms with van der Waals surface area (Å²) in [7, 11) is 0. The predicted octanol–water partition coefficient (Wildman–Crippen LogP) is 2.44. The number of rotatable bonds is 5. The number of hydrogen-bond acceptors (Lipinski definition) is 4. The van der Waals surface area contributed by atoms with E-state index in [0.717, 1.165) is 0 Å². The maximum Gasteiger partial charge on any atom is 0.274 e. The fraction of sp³-hybridized carbons (Fsp3) is 0.400. The van der Waals surface area contributed by atoms with E-state index >= 15 is 0 Å². The molecule has 0 bridgehead atoms. The Kier molecular flexibility index (Phi) is 4.90. The Hall–Kier alpha value is -1.95. The molecular formula is C15H19N3O2S. The number of nitrogens with zero attached hydrogens (tertiary/aromatic N) is 2. The summed E-state index contributed by atoms with van der Waals surface area (Å²) in [6, 6.07) is 4.84. The summed E-state index contributed by atoms with van der Waals surface area (Å²) >= 11 is 1.65. The van der Waals surface area contributed by atoms with Crippen LogP contribution in [0.15, 0.2) is 28.4 Å². The Labute approximate surface area is 127 Å². The average Bonchev–Trinajstić information content (AvgIpc) is 2.83. The van der Waals surface area contributed by atoms with E-state index in [1.165, 1.54) is 22.6 Å². The van der Waals surface area contributed by atoms with Crippen LogP contribution in [0.5, 0.6) is 0 Å². The highest BCUT2D eigenvalue weighted by atomic mass is 32.1. The van der Waals surface area contributed by atoms with Gasteiger partial charge in [0.2, 0.25) is 0 Å². The number of aromatic nitrogens is 2. The molecule has 2 heterocycles. The summed E-state index contributed by atoms with van der Waals surface area (Å²) in [6.45, 7) is 7.41. The van der Waals surface area contributed by atoms with Gasteiger partial charge in [0.25, 0.3) is 11.5 Å². The molecule has 2 aromatic rings. The van der Waals surface area contributed by atoms with Crippen LogP contribution in [0.2, 0.25) is 0 Å². The first-order chi connectivity index (χ1) is 9.97. The minimum atomic E-state index is -0.309. The molecule has 0 unspecified atom stereocenters. The van der Waals surface area contributed by atoms with Crippen LogP contribution in [0.1, 0.15) is 34.8 Å². The summed E-state index contributed by atoms with van der Waals surface area (Å²) < 4.78 is 0. The molecule has 21 heavy (non-hydrogen) atoms. The predicted molar refractivity (Wildman–Crippen MR) is 83.5 cm³/mol. The van der Waals surface area contributed by atoms with Crippen molar-refractivity contribution in [2.45, 2.75) is 27.3 Å². The molecule has 112 valence electrons. The lowest BCUT2D eigenvalue weighted by Crippen LogP contribution is -2.34. The molecule has 0 fully saturated rings. The molecule has 0 aliphatic carbocycles. The standard InChI is InChI=1S/C15H19N3O2S/c1-10(2)8-18(9-13-11(3)6-7-21-13)15(20)12-4-5-14(19)17-16-12/h4-7,10H,8-9H2,1-3H3,(H,17,19). The smallest absolute Gasteiger partial charge is 0.274 e. The van der Waals surface area contributed by atoms with Crippen LogP contribution in [-0.2, 0) is 6.54 Å². The van der Waals surface area contributed by atoms with Crippen LogP contribution in [0, 0.1) is 12.8 Å². The fourth-order valence-corrected chi connectivity index (χ4v) is 2.95. The van der Waals surface area contributed by atoms with Gasteiger partial charge in [-0.25, -0.2) is 5.10 Å². The van der Waals surface area contributed by atoms with E-state index in [-0.39, 0.29) is 17.2 Å². The summed E-state index contributed by atoms with van der Waals surface area (Å²) in [6.07, 6.45) is 0. The Balaban J connectivity index is 2.22. The lowest BCUT2D eigenvalue weighted by molar-refractivity contribution is 0.0717. The number of nitrogens with one attached hydrogen (secondary N) is 1. The van der Waals surface area contributed by atoms with E-state index in [1.807, 2.05) is 12.3 Å². The van der Waals surface area contributed by atoms with Crippen molar-refractivity contribution >= 4 is 17.2 Å². The molecule has 6 heteroatoms. The van der Waals surface area contributed by atoms with Crippen LogP contribution in [-0.4, -0.2) is 27.5 Å². The zero-order chi connectivity index (χ0) is 15.4. The highest BCUT2D eigenvalue weighted by molar-refractivity contribution is 7.10. The van der Waals surface area contributed by atoms with Crippen molar-refractivity contribution in [1.82, 2.24) is 15.1 Å². The molecule has 0 aliphatic heterocycles. The molecular weight excluding hydrogens is 286 g/mol. The molecule has 1 amide bonds. The SMILES string of the molecule is Cc1ccsc1CN(CC(C)C)C(=O)c1ccc(=O)[nH]n1. The quantitative estimate of drug-likeness (QED) is 0.922. The highest BCUT2D eigenvalue weighted by Crippen LogP contribution is 2.19. The van der Waals surface area contributed by atoms with Gasteiger partial charge in [-0.2, -0.15) is 5.10 Å². The van der Waals surface area contributed by atoms with Gasteiger partial charge < -0.3 is 4.90 Å². The Bertz CT molecular complexity index is 655. The molecule has 0 radical (unpaired) electrons. The van der Waals surface area contributed by atoms with Crippen molar-refractivity contribution in [3.05, 3.63) is 50.1 Å². The van der Waals surface area contributed by atoms with Crippen molar-refractivity contribution in [1.29, 1.82) is 0 Å². The van der Waals surface area contributed by atoms with Crippen molar-refractivity contribution < 1.29 is 4.79 Å². The second-order valence-corrected chi connectivity index (χ2v) is 6.41. The molecule has 0 saturated heterocycles. The third-order valence-electron chi connectivity index (χ3n) is 3.07. The van der Waals surface area contributed by atoms with Gasteiger partial charge in [0.15, 0.2) is 0 Å². The summed E-state index contributed by atoms with van der Waals surface area (Å²) in [5.74, 6) is 0.199. The molecule has 2 rings (SSSR count). The molecule has 1 N–H and O–H groups in total. The maximum absolute atomic E-state index is 12.6. The summed E-state index contributed by atoms with van der Waals surface area (Å²) in [5.41, 5.74) is 1.15. The topological polar surface area (TPSA) is 66.1 Å². The van der Waals surface area contributed by atoms with Gasteiger partial charge in [0, 0.05) is 17.5 Å². The second kappa shape index (κ2) is 6.67. The van der Waals surface area contributed by atoms with Crippen LogP contribution in [0.25, 0.3) is 0 Å². The molecule has 5 nitrogen and oxygen atoms in total. The number of amides is 1. The van der Waals surface area contributed by atoms with Gasteiger partial charge in [0.1, 0.15) is 5.69 Å². The summed E-state index contributed by atoms with van der Waals surface area (Å²) in [4.78, 5) is 26.6. The minimum Gasteiger partial charge on any atom is -0.332 e. The largest absolute Gasteiger partial charge is 0.332 e. The average molecular weight is 305 g/mol. The normalized spacial score (nSPS) is 10.9. The minimum absolute atomic E-state index is 0.159. The number of aromatic amines is 1. The molecule has 0 spiro atoms. The zero-order valence-electron chi connectivity index (χ0n) is 12.4. The number of carbonyl (C=O) groups excluding carboxylic acids is 1. The van der Waals surface area contributed by atoms with E-state index in [2.05, 4.69) is 30.1 Å². The molecule has 0 aliphatic rings. The van der Waals surface area contributed by atoms with Gasteiger partial charge in [-0.1, -0.05) is 13.8 Å². The number of H-pyrrole nitrogens is 1. The summed E-state index contributed by atoms with van der Waals surface area (Å²) in [5, 5.41) is 8.17. The van der Waals surface area contributed by atoms with E-state index in [0.29, 0.717) is 19.0 Å². The zero-order valence-corrected chi connectivity index (χ0v) is 13.2. The monoisotopic (exact) mass is 305 g/mol. The van der Waals surface area contributed by atoms with Crippen molar-refractivity contribution in [2.24, 2.45) is 5.92 Å². The number of hydrogen-bond donors (Lipinski definition) is 1. The van der Waals surface area contributed by atoms with Crippen molar-refractivity contribution in [3.8, 4) is 0 Å². The number of aryl methyl sites for hydroxylation is 1. The van der Waals surface area contributed by atoms with Gasteiger partial charge in [-0.15, -0.1) is 11.3 Å². The van der Waals surface area contributed by atoms with Gasteiger partial charge in [0.05, 0.1) is 6.54 Å². The van der Waals surface area contributed by atoms with Gasteiger partial charge in [-0.3, -0.25) is 9.59 Å². The van der Waals surface area contributed by atoms with Crippen LogP contribution in [0.3, 0.4) is 0 Å². The lowest BCUT2D eigenvalue weighted by Gasteiger charge is -2.24. The van der Waals surface area contributed by atoms with Crippen LogP contribution >= 0.6 is 11.3 Å². The van der Waals surface area contributed by atoms with E-state index in [1.54, 1.807) is 16.2 Å². The highest BCUT2D eigenvalue weighted by Gasteiger charge is 2.19. The second-order valence-electron chi connectivity index (χ2n) is 5.41. The van der Waals surface area contributed by atoms with E-state index < -0.39 is 0 Å². The Morgan fingerprint density at radius 3 is 2.67 bits per heavy atom. The molecule has 2 aromatic heterocycles. The van der Waals surface area contributed by atoms with Crippen LogP contribution < -0.4 is 5.56 Å². The first-order valence-electron chi connectivity index (χ1n) is 6.85. The Morgan fingerprint density at radius 2 is 2.14 bits per heavy atom. The fourth-order valence-electron chi connectivity index (χ4n) is 2.03. The van der Waals surface area contributed by atoms with Crippen molar-refractivity contribution in [2.75, 3.05) is 6.54 Å². The molecule has 0 saturated carbocycles. The van der Waals surface area contributed by atoms with Gasteiger partial charge >= 0.3 is 0 Å². The van der Waals surface area contributed by atoms with Crippen LogP contribution in [0.4, 0.5) is 0 Å². The maximum atomic E-state index is 12.6. The van der Waals surface area contributed by atoms with Crippen molar-refractivity contribution in [3.63, 3.8) is 0 Å².